The second-order valence-corrected chi connectivity index (χ2v) is 4.89. The Kier molecular flexibility index (Phi) is 1.94. The monoisotopic (exact) mass is 206 g/mol. The topological polar surface area (TPSA) is 49.5 Å². The molecule has 2 fully saturated rings. The van der Waals surface area contributed by atoms with Gasteiger partial charge in [-0.15, -0.1) is 0 Å². The summed E-state index contributed by atoms with van der Waals surface area (Å²) in [5.74, 6) is -2.67. The van der Waals surface area contributed by atoms with Crippen LogP contribution in [-0.4, -0.2) is 47.2 Å². The minimum absolute atomic E-state index is 0.385. The number of nitrogens with zero attached hydrogens (tertiary/aromatic N) is 1. The summed E-state index contributed by atoms with van der Waals surface area (Å²) in [5, 5.41) is 10.2. The Balaban J connectivity index is 2.09. The first-order valence-corrected chi connectivity index (χ1v) is 4.84. The third kappa shape index (κ3) is 1.34. The number of nitrogens with two attached hydrogens (primary N) is 1. The highest BCUT2D eigenvalue weighted by molar-refractivity contribution is 5.17. The van der Waals surface area contributed by atoms with E-state index in [-0.39, 0.29) is 12.8 Å². The van der Waals surface area contributed by atoms with E-state index < -0.39 is 17.1 Å². The fourth-order valence-corrected chi connectivity index (χ4v) is 2.59. The lowest BCUT2D eigenvalue weighted by atomic mass is 9.63. The van der Waals surface area contributed by atoms with Crippen molar-refractivity contribution in [2.45, 2.75) is 36.3 Å². The van der Waals surface area contributed by atoms with E-state index in [1.54, 1.807) is 0 Å². The van der Waals surface area contributed by atoms with Gasteiger partial charge in [0.25, 0.3) is 5.92 Å². The first-order chi connectivity index (χ1) is 6.27. The molecule has 5 heteroatoms. The summed E-state index contributed by atoms with van der Waals surface area (Å²) < 4.78 is 25.5. The summed E-state index contributed by atoms with van der Waals surface area (Å²) in [6.45, 7) is 1.13. The number of hydrogen-bond donors (Lipinski definition) is 2. The minimum atomic E-state index is -2.67. The first kappa shape index (κ1) is 10.3. The van der Waals surface area contributed by atoms with E-state index in [0.29, 0.717) is 13.0 Å². The molecule has 3 nitrogen and oxygen atoms in total. The van der Waals surface area contributed by atoms with E-state index in [1.165, 1.54) is 0 Å². The molecule has 14 heavy (non-hydrogen) atoms. The summed E-state index contributed by atoms with van der Waals surface area (Å²) in [5.41, 5.74) is 3.62. The van der Waals surface area contributed by atoms with E-state index in [1.807, 2.05) is 11.9 Å². The summed E-state index contributed by atoms with van der Waals surface area (Å²) in [6, 6.07) is 0. The van der Waals surface area contributed by atoms with Crippen molar-refractivity contribution in [1.82, 2.24) is 4.90 Å². The lowest BCUT2D eigenvalue weighted by Gasteiger charge is -2.52. The van der Waals surface area contributed by atoms with Crippen molar-refractivity contribution in [3.05, 3.63) is 0 Å². The second-order valence-electron chi connectivity index (χ2n) is 4.89. The Hall–Kier alpha value is -0.260. The molecule has 0 amide bonds. The molecule has 1 heterocycles. The van der Waals surface area contributed by atoms with Gasteiger partial charge in [-0.1, -0.05) is 0 Å². The SMILES string of the molecule is CN1CCC(O)(C2(N)CC(F)(F)C2)C1. The number of aliphatic hydroxyl groups is 1. The van der Waals surface area contributed by atoms with Crippen molar-refractivity contribution in [3.8, 4) is 0 Å². The Labute approximate surface area is 81.9 Å². The maximum Gasteiger partial charge on any atom is 0.251 e. The van der Waals surface area contributed by atoms with Crippen molar-refractivity contribution < 1.29 is 13.9 Å². The molecular formula is C9H16F2N2O. The van der Waals surface area contributed by atoms with E-state index >= 15 is 0 Å². The molecule has 0 radical (unpaired) electrons. The van der Waals surface area contributed by atoms with Gasteiger partial charge in [0.2, 0.25) is 0 Å². The van der Waals surface area contributed by atoms with Gasteiger partial charge in [0.1, 0.15) is 0 Å². The number of alkyl halides is 2. The number of β-amino-alcohol motifs (C(OH)–C–C–N with tert-alkyl or cyclic N) is 1. The molecule has 1 aliphatic heterocycles. The lowest BCUT2D eigenvalue weighted by Crippen LogP contribution is -2.71. The summed E-state index contributed by atoms with van der Waals surface area (Å²) in [4.78, 5) is 1.92. The van der Waals surface area contributed by atoms with Gasteiger partial charge in [0.05, 0.1) is 11.1 Å². The van der Waals surface area contributed by atoms with Gasteiger partial charge < -0.3 is 15.7 Å². The Morgan fingerprint density at radius 1 is 1.36 bits per heavy atom. The van der Waals surface area contributed by atoms with E-state index in [9.17, 15) is 13.9 Å². The summed E-state index contributed by atoms with van der Waals surface area (Å²) in [7, 11) is 1.86. The van der Waals surface area contributed by atoms with Gasteiger partial charge in [-0.25, -0.2) is 8.78 Å². The predicted molar refractivity (Wildman–Crippen MR) is 48.2 cm³/mol. The third-order valence-corrected chi connectivity index (χ3v) is 3.51. The van der Waals surface area contributed by atoms with Crippen LogP contribution in [0.15, 0.2) is 0 Å². The van der Waals surface area contributed by atoms with Crippen LogP contribution in [0.1, 0.15) is 19.3 Å². The molecule has 1 atom stereocenters. The van der Waals surface area contributed by atoms with Crippen LogP contribution in [0, 0.1) is 0 Å². The van der Waals surface area contributed by atoms with Gasteiger partial charge in [-0.3, -0.25) is 0 Å². The van der Waals surface area contributed by atoms with Crippen molar-refractivity contribution in [3.63, 3.8) is 0 Å². The molecule has 0 aromatic carbocycles. The Morgan fingerprint density at radius 2 is 1.93 bits per heavy atom. The smallest absolute Gasteiger partial charge is 0.251 e. The predicted octanol–water partition coefficient (Wildman–Crippen LogP) is 0.180. The minimum Gasteiger partial charge on any atom is -0.387 e. The van der Waals surface area contributed by atoms with Crippen LogP contribution in [0.4, 0.5) is 8.78 Å². The molecule has 82 valence electrons. The zero-order valence-corrected chi connectivity index (χ0v) is 8.26. The van der Waals surface area contributed by atoms with Gasteiger partial charge in [0.15, 0.2) is 0 Å². The summed E-state index contributed by atoms with van der Waals surface area (Å²) >= 11 is 0. The highest BCUT2D eigenvalue weighted by atomic mass is 19.3. The van der Waals surface area contributed by atoms with Crippen LogP contribution in [-0.2, 0) is 0 Å². The zero-order valence-electron chi connectivity index (χ0n) is 8.26. The molecule has 2 aliphatic rings. The van der Waals surface area contributed by atoms with Gasteiger partial charge in [0, 0.05) is 25.9 Å². The molecule has 0 aromatic rings. The van der Waals surface area contributed by atoms with Crippen LogP contribution in [0.2, 0.25) is 0 Å². The molecule has 0 aromatic heterocycles. The summed E-state index contributed by atoms with van der Waals surface area (Å²) in [6.07, 6.45) is -0.273. The number of likely N-dealkylation sites (tertiary alicyclic amines) is 1. The molecule has 1 unspecified atom stereocenters. The van der Waals surface area contributed by atoms with Crippen LogP contribution in [0.5, 0.6) is 0 Å². The lowest BCUT2D eigenvalue weighted by molar-refractivity contribution is -0.186. The highest BCUT2D eigenvalue weighted by Gasteiger charge is 2.64. The normalized spacial score (nSPS) is 40.9. The van der Waals surface area contributed by atoms with E-state index in [4.69, 9.17) is 5.73 Å². The average molecular weight is 206 g/mol. The zero-order chi connectivity index (χ0) is 10.6. The average Bonchev–Trinajstić information content (AvgIpc) is 2.28. The van der Waals surface area contributed by atoms with Crippen LogP contribution in [0.3, 0.4) is 0 Å². The molecule has 0 spiro atoms. The molecule has 3 N–H and O–H groups in total. The highest BCUT2D eigenvalue weighted by Crippen LogP contribution is 2.51. The molecule has 2 rings (SSSR count). The van der Waals surface area contributed by atoms with Gasteiger partial charge >= 0.3 is 0 Å². The fraction of sp³-hybridized carbons (Fsp3) is 1.00. The number of hydrogen-bond acceptors (Lipinski definition) is 3. The van der Waals surface area contributed by atoms with Crippen LogP contribution >= 0.6 is 0 Å². The quantitative estimate of drug-likeness (QED) is 0.643. The molecule has 1 aliphatic carbocycles. The maximum absolute atomic E-state index is 12.7. The standard InChI is InChI=1S/C9H16F2N2O/c1-13-3-2-8(14,6-13)7(12)4-9(10,11)5-7/h14H,2-6,12H2,1H3. The Morgan fingerprint density at radius 3 is 2.29 bits per heavy atom. The largest absolute Gasteiger partial charge is 0.387 e. The van der Waals surface area contributed by atoms with Gasteiger partial charge in [-0.2, -0.15) is 0 Å². The molecule has 1 saturated carbocycles. The first-order valence-electron chi connectivity index (χ1n) is 4.84. The third-order valence-electron chi connectivity index (χ3n) is 3.51. The number of likely N-dealkylation sites (N-methyl/N-ethyl adjacent to an activating group) is 1. The van der Waals surface area contributed by atoms with E-state index in [2.05, 4.69) is 0 Å². The molecular weight excluding hydrogens is 190 g/mol. The van der Waals surface area contributed by atoms with E-state index in [0.717, 1.165) is 6.54 Å². The van der Waals surface area contributed by atoms with Crippen molar-refractivity contribution in [2.75, 3.05) is 20.1 Å². The van der Waals surface area contributed by atoms with Crippen molar-refractivity contribution in [2.24, 2.45) is 5.73 Å². The van der Waals surface area contributed by atoms with Crippen LogP contribution < -0.4 is 5.73 Å². The Bertz CT molecular complexity index is 251. The van der Waals surface area contributed by atoms with Crippen LogP contribution in [0.25, 0.3) is 0 Å². The maximum atomic E-state index is 12.7. The number of halogens is 2. The van der Waals surface area contributed by atoms with Crippen molar-refractivity contribution >= 4 is 0 Å². The second kappa shape index (κ2) is 2.65. The molecule has 0 bridgehead atoms. The van der Waals surface area contributed by atoms with Gasteiger partial charge in [-0.05, 0) is 13.5 Å². The fourth-order valence-electron chi connectivity index (χ4n) is 2.59. The van der Waals surface area contributed by atoms with Crippen molar-refractivity contribution in [1.29, 1.82) is 0 Å². The number of rotatable bonds is 1. The molecule has 1 saturated heterocycles.